The number of rotatable bonds is 5. The molecule has 0 radical (unpaired) electrons. The van der Waals surface area contributed by atoms with E-state index in [0.29, 0.717) is 5.56 Å². The Kier molecular flexibility index (Phi) is 4.78. The van der Waals surface area contributed by atoms with Crippen LogP contribution in [0.15, 0.2) is 34.5 Å². The summed E-state index contributed by atoms with van der Waals surface area (Å²) < 4.78 is 39.2. The van der Waals surface area contributed by atoms with Crippen molar-refractivity contribution in [3.8, 4) is 0 Å². The van der Waals surface area contributed by atoms with E-state index in [2.05, 4.69) is 15.5 Å². The normalized spacial score (nSPS) is 23.4. The molecule has 6 nitrogen and oxygen atoms in total. The van der Waals surface area contributed by atoms with Gasteiger partial charge in [-0.2, -0.15) is 18.3 Å². The Bertz CT molecular complexity index is 786. The maximum absolute atomic E-state index is 13.1. The van der Waals surface area contributed by atoms with Crippen LogP contribution >= 0.6 is 11.8 Å². The second-order valence-corrected chi connectivity index (χ2v) is 7.24. The van der Waals surface area contributed by atoms with Gasteiger partial charge in [-0.3, -0.25) is 9.59 Å². The minimum Gasteiger partial charge on any atom is -0.481 e. The Hall–Kier alpha value is -2.36. The van der Waals surface area contributed by atoms with Crippen molar-refractivity contribution < 1.29 is 27.9 Å². The third-order valence-corrected chi connectivity index (χ3v) is 5.32. The maximum Gasteiger partial charge on any atom is 0.398 e. The molecule has 1 aliphatic carbocycles. The summed E-state index contributed by atoms with van der Waals surface area (Å²) in [5, 5.41) is 18.1. The smallest absolute Gasteiger partial charge is 0.398 e. The molecule has 1 saturated heterocycles. The van der Waals surface area contributed by atoms with Gasteiger partial charge >= 0.3 is 12.1 Å². The molecule has 0 bridgehead atoms. The summed E-state index contributed by atoms with van der Waals surface area (Å²) in [6.07, 6.45) is -3.01. The molecule has 10 heteroatoms. The minimum absolute atomic E-state index is 0.103. The topological polar surface area (TPSA) is 91.1 Å². The van der Waals surface area contributed by atoms with Crippen molar-refractivity contribution in [2.24, 2.45) is 10.2 Å². The van der Waals surface area contributed by atoms with Crippen molar-refractivity contribution in [2.45, 2.75) is 36.1 Å². The van der Waals surface area contributed by atoms with E-state index >= 15 is 0 Å². The Morgan fingerprint density at radius 1 is 1.35 bits per heavy atom. The van der Waals surface area contributed by atoms with Crippen LogP contribution in [0.25, 0.3) is 0 Å². The lowest BCUT2D eigenvalue weighted by molar-refractivity contribution is -0.160. The van der Waals surface area contributed by atoms with Gasteiger partial charge in [0, 0.05) is 0 Å². The van der Waals surface area contributed by atoms with Crippen LogP contribution in [0, 0.1) is 0 Å². The minimum atomic E-state index is -4.25. The SMILES string of the molecule is O=C(O)CC1SC(=NN=Cc2ccc(C3(C(F)(F)F)CC3)cc2)NC1=O. The molecule has 1 unspecified atom stereocenters. The molecular weight excluding hydrogens is 371 g/mol. The molecule has 0 spiro atoms. The van der Waals surface area contributed by atoms with Crippen LogP contribution in [0.1, 0.15) is 30.4 Å². The fraction of sp³-hybridized carbons (Fsp3) is 0.375. The van der Waals surface area contributed by atoms with Gasteiger partial charge in [0.05, 0.1) is 18.1 Å². The highest BCUT2D eigenvalue weighted by molar-refractivity contribution is 8.15. The number of hydrogen-bond donors (Lipinski definition) is 2. The lowest BCUT2D eigenvalue weighted by Crippen LogP contribution is -2.28. The number of amides is 1. The van der Waals surface area contributed by atoms with Crippen LogP contribution in [0.2, 0.25) is 0 Å². The van der Waals surface area contributed by atoms with Crippen molar-refractivity contribution in [1.82, 2.24) is 5.32 Å². The number of hydrogen-bond acceptors (Lipinski definition) is 5. The van der Waals surface area contributed by atoms with E-state index in [4.69, 9.17) is 5.11 Å². The van der Waals surface area contributed by atoms with Crippen molar-refractivity contribution >= 4 is 35.0 Å². The van der Waals surface area contributed by atoms with Crippen molar-refractivity contribution in [1.29, 1.82) is 0 Å². The van der Waals surface area contributed by atoms with Crippen LogP contribution in [0.3, 0.4) is 0 Å². The van der Waals surface area contributed by atoms with E-state index in [1.807, 2.05) is 0 Å². The highest BCUT2D eigenvalue weighted by Gasteiger charge is 2.64. The van der Waals surface area contributed by atoms with E-state index < -0.39 is 28.7 Å². The standard InChI is InChI=1S/C16H14F3N3O3S/c17-16(18,19)15(5-6-15)10-3-1-9(2-4-10)8-20-22-14-21-13(25)11(26-14)7-12(23)24/h1-4,8,11H,5-7H2,(H,23,24)(H,21,22,25). The van der Waals surface area contributed by atoms with Gasteiger partial charge in [-0.05, 0) is 24.0 Å². The number of nitrogens with one attached hydrogen (secondary N) is 1. The number of nitrogens with zero attached hydrogens (tertiary/aromatic N) is 2. The fourth-order valence-electron chi connectivity index (χ4n) is 2.64. The van der Waals surface area contributed by atoms with E-state index in [1.165, 1.54) is 30.5 Å². The summed E-state index contributed by atoms with van der Waals surface area (Å²) >= 11 is 0.969. The highest BCUT2D eigenvalue weighted by atomic mass is 32.2. The number of thioether (sulfide) groups is 1. The molecule has 1 aromatic carbocycles. The number of halogens is 3. The predicted molar refractivity (Wildman–Crippen MR) is 90.2 cm³/mol. The van der Waals surface area contributed by atoms with Crippen molar-refractivity contribution in [2.75, 3.05) is 0 Å². The van der Waals surface area contributed by atoms with Gasteiger partial charge in [-0.1, -0.05) is 36.0 Å². The van der Waals surface area contributed by atoms with Gasteiger partial charge in [0.25, 0.3) is 0 Å². The van der Waals surface area contributed by atoms with E-state index in [9.17, 15) is 22.8 Å². The molecule has 1 saturated carbocycles. The molecule has 0 aromatic heterocycles. The first-order valence-electron chi connectivity index (χ1n) is 7.69. The second-order valence-electron chi connectivity index (χ2n) is 6.05. The molecule has 3 rings (SSSR count). The van der Waals surface area contributed by atoms with Crippen LogP contribution in [0.5, 0.6) is 0 Å². The Labute approximate surface area is 150 Å². The maximum atomic E-state index is 13.1. The number of carbonyl (C=O) groups is 2. The zero-order valence-electron chi connectivity index (χ0n) is 13.3. The highest BCUT2D eigenvalue weighted by Crippen LogP contribution is 2.58. The summed E-state index contributed by atoms with van der Waals surface area (Å²) in [5.41, 5.74) is -0.914. The third-order valence-electron chi connectivity index (χ3n) is 4.25. The number of carbonyl (C=O) groups excluding carboxylic acids is 1. The molecular formula is C16H14F3N3O3S. The number of carboxylic acids is 1. The number of benzene rings is 1. The molecule has 2 N–H and O–H groups in total. The average Bonchev–Trinajstić information content (AvgIpc) is 3.30. The number of alkyl halides is 3. The molecule has 26 heavy (non-hydrogen) atoms. The Morgan fingerprint density at radius 2 is 2.00 bits per heavy atom. The molecule has 2 fully saturated rings. The first-order chi connectivity index (χ1) is 12.2. The van der Waals surface area contributed by atoms with Crippen LogP contribution < -0.4 is 5.32 Å². The lowest BCUT2D eigenvalue weighted by Gasteiger charge is -2.19. The summed E-state index contributed by atoms with van der Waals surface area (Å²) in [7, 11) is 0. The molecule has 138 valence electrons. The van der Waals surface area contributed by atoms with E-state index in [0.717, 1.165) is 11.8 Å². The molecule has 1 aromatic rings. The average molecular weight is 385 g/mol. The fourth-order valence-corrected chi connectivity index (χ4v) is 3.56. The zero-order valence-corrected chi connectivity index (χ0v) is 14.1. The summed E-state index contributed by atoms with van der Waals surface area (Å²) in [5.74, 6) is -1.53. The first kappa shape index (κ1) is 18.4. The van der Waals surface area contributed by atoms with Gasteiger partial charge < -0.3 is 10.4 Å². The number of carboxylic acid groups (broad SMARTS) is 1. The second kappa shape index (κ2) is 6.75. The quantitative estimate of drug-likeness (QED) is 0.602. The summed E-state index contributed by atoms with van der Waals surface area (Å²) in [6.45, 7) is 0. The monoisotopic (exact) mass is 385 g/mol. The Morgan fingerprint density at radius 3 is 2.54 bits per heavy atom. The summed E-state index contributed by atoms with van der Waals surface area (Å²) in [4.78, 5) is 22.2. The van der Waals surface area contributed by atoms with Crippen LogP contribution in [0.4, 0.5) is 13.2 Å². The summed E-state index contributed by atoms with van der Waals surface area (Å²) in [6, 6.07) is 5.92. The largest absolute Gasteiger partial charge is 0.481 e. The van der Waals surface area contributed by atoms with Crippen molar-refractivity contribution in [3.63, 3.8) is 0 Å². The van der Waals surface area contributed by atoms with E-state index in [-0.39, 0.29) is 30.0 Å². The molecule has 2 aliphatic rings. The first-order valence-corrected chi connectivity index (χ1v) is 8.57. The molecule has 1 amide bonds. The molecule has 1 heterocycles. The van der Waals surface area contributed by atoms with Crippen LogP contribution in [-0.4, -0.2) is 39.8 Å². The lowest BCUT2D eigenvalue weighted by atomic mass is 9.94. The number of aliphatic carboxylic acids is 1. The molecule has 1 aliphatic heterocycles. The zero-order chi connectivity index (χ0) is 18.9. The third kappa shape index (κ3) is 3.74. The molecule has 1 atom stereocenters. The van der Waals surface area contributed by atoms with Gasteiger partial charge in [-0.15, -0.1) is 5.10 Å². The van der Waals surface area contributed by atoms with Gasteiger partial charge in [0.1, 0.15) is 5.25 Å². The van der Waals surface area contributed by atoms with Gasteiger partial charge in [0.2, 0.25) is 5.91 Å². The van der Waals surface area contributed by atoms with Crippen molar-refractivity contribution in [3.05, 3.63) is 35.4 Å². The van der Waals surface area contributed by atoms with E-state index in [1.54, 1.807) is 0 Å². The number of amidine groups is 1. The van der Waals surface area contributed by atoms with Gasteiger partial charge in [-0.25, -0.2) is 0 Å². The van der Waals surface area contributed by atoms with Gasteiger partial charge in [0.15, 0.2) is 5.17 Å². The Balaban J connectivity index is 1.63. The predicted octanol–water partition coefficient (Wildman–Crippen LogP) is 2.68. The van der Waals surface area contributed by atoms with Crippen LogP contribution in [-0.2, 0) is 15.0 Å².